The average molecular weight is 273 g/mol. The SMILES string of the molecule is c1ccc(CCCNC2CCOC3(CCCC3)C2)cc1. The second-order valence-corrected chi connectivity index (χ2v) is 6.47. The fraction of sp³-hybridized carbons (Fsp3) is 0.667. The molecule has 0 aromatic heterocycles. The summed E-state index contributed by atoms with van der Waals surface area (Å²) in [7, 11) is 0. The van der Waals surface area contributed by atoms with Crippen LogP contribution in [0.15, 0.2) is 30.3 Å². The van der Waals surface area contributed by atoms with Gasteiger partial charge in [0.2, 0.25) is 0 Å². The number of hydrogen-bond donors (Lipinski definition) is 1. The molecule has 1 saturated carbocycles. The Morgan fingerprint density at radius 3 is 2.75 bits per heavy atom. The highest BCUT2D eigenvalue weighted by Crippen LogP contribution is 2.39. The molecule has 0 radical (unpaired) electrons. The van der Waals surface area contributed by atoms with Gasteiger partial charge in [0.1, 0.15) is 0 Å². The van der Waals surface area contributed by atoms with Crippen molar-refractivity contribution in [3.63, 3.8) is 0 Å². The zero-order valence-electron chi connectivity index (χ0n) is 12.4. The van der Waals surface area contributed by atoms with Gasteiger partial charge in [0.25, 0.3) is 0 Å². The van der Waals surface area contributed by atoms with Crippen LogP contribution < -0.4 is 5.32 Å². The van der Waals surface area contributed by atoms with Gasteiger partial charge in [-0.3, -0.25) is 0 Å². The van der Waals surface area contributed by atoms with Crippen molar-refractivity contribution in [3.8, 4) is 0 Å². The van der Waals surface area contributed by atoms with Gasteiger partial charge in [-0.25, -0.2) is 0 Å². The van der Waals surface area contributed by atoms with Crippen LogP contribution in [0, 0.1) is 0 Å². The first-order chi connectivity index (χ1) is 9.86. The molecule has 3 rings (SSSR count). The highest BCUT2D eigenvalue weighted by molar-refractivity contribution is 5.14. The number of aryl methyl sites for hydroxylation is 1. The van der Waals surface area contributed by atoms with Gasteiger partial charge in [0.15, 0.2) is 0 Å². The van der Waals surface area contributed by atoms with E-state index >= 15 is 0 Å². The quantitative estimate of drug-likeness (QED) is 0.826. The predicted octanol–water partition coefficient (Wildman–Crippen LogP) is 3.70. The molecule has 1 aromatic rings. The highest BCUT2D eigenvalue weighted by atomic mass is 16.5. The second-order valence-electron chi connectivity index (χ2n) is 6.47. The molecule has 1 spiro atoms. The first kappa shape index (κ1) is 14.1. The molecule has 0 amide bonds. The molecule has 1 unspecified atom stereocenters. The number of nitrogens with one attached hydrogen (secondary N) is 1. The maximum atomic E-state index is 6.09. The molecule has 2 nitrogen and oxygen atoms in total. The third kappa shape index (κ3) is 3.62. The number of benzene rings is 1. The van der Waals surface area contributed by atoms with Crippen LogP contribution >= 0.6 is 0 Å². The number of hydrogen-bond acceptors (Lipinski definition) is 2. The zero-order chi connectivity index (χ0) is 13.7. The van der Waals surface area contributed by atoms with Crippen LogP contribution in [0.2, 0.25) is 0 Å². The van der Waals surface area contributed by atoms with Crippen molar-refractivity contribution in [2.45, 2.75) is 63.0 Å². The third-order valence-electron chi connectivity index (χ3n) is 4.93. The Kier molecular flexibility index (Phi) is 4.74. The minimum absolute atomic E-state index is 0.245. The van der Waals surface area contributed by atoms with Crippen molar-refractivity contribution in [1.82, 2.24) is 5.32 Å². The van der Waals surface area contributed by atoms with Crippen LogP contribution in [-0.4, -0.2) is 24.8 Å². The minimum atomic E-state index is 0.245. The standard InChI is InChI=1S/C18H27NO/c1-2-7-16(8-3-1)9-6-13-19-17-10-14-20-18(15-17)11-4-5-12-18/h1-3,7-8,17,19H,4-6,9-15H2. The molecule has 1 aliphatic carbocycles. The normalized spacial score (nSPS) is 25.1. The molecular formula is C18H27NO. The fourth-order valence-corrected chi connectivity index (χ4v) is 3.81. The third-order valence-corrected chi connectivity index (χ3v) is 4.93. The van der Waals surface area contributed by atoms with Crippen molar-refractivity contribution in [1.29, 1.82) is 0 Å². The van der Waals surface area contributed by atoms with E-state index in [1.54, 1.807) is 0 Å². The smallest absolute Gasteiger partial charge is 0.0697 e. The predicted molar refractivity (Wildman–Crippen MR) is 82.9 cm³/mol. The number of ether oxygens (including phenoxy) is 1. The van der Waals surface area contributed by atoms with E-state index in [9.17, 15) is 0 Å². The van der Waals surface area contributed by atoms with Crippen LogP contribution in [0.3, 0.4) is 0 Å². The second kappa shape index (κ2) is 6.73. The van der Waals surface area contributed by atoms with E-state index < -0.39 is 0 Å². The Labute approximate surface area is 122 Å². The van der Waals surface area contributed by atoms with Crippen LogP contribution in [0.25, 0.3) is 0 Å². The molecule has 1 N–H and O–H groups in total. The lowest BCUT2D eigenvalue weighted by molar-refractivity contribution is -0.0835. The summed E-state index contributed by atoms with van der Waals surface area (Å²) < 4.78 is 6.09. The molecule has 1 atom stereocenters. The van der Waals surface area contributed by atoms with E-state index in [0.29, 0.717) is 6.04 Å². The van der Waals surface area contributed by atoms with Crippen LogP contribution in [0.4, 0.5) is 0 Å². The maximum Gasteiger partial charge on any atom is 0.0697 e. The maximum absolute atomic E-state index is 6.09. The first-order valence-corrected chi connectivity index (χ1v) is 8.28. The van der Waals surface area contributed by atoms with Gasteiger partial charge in [0, 0.05) is 12.6 Å². The summed E-state index contributed by atoms with van der Waals surface area (Å²) in [5.74, 6) is 0. The van der Waals surface area contributed by atoms with Crippen LogP contribution in [0.5, 0.6) is 0 Å². The van der Waals surface area contributed by atoms with Crippen molar-refractivity contribution >= 4 is 0 Å². The summed E-state index contributed by atoms with van der Waals surface area (Å²) in [5.41, 5.74) is 1.70. The van der Waals surface area contributed by atoms with Gasteiger partial charge < -0.3 is 10.1 Å². The average Bonchev–Trinajstić information content (AvgIpc) is 2.93. The summed E-state index contributed by atoms with van der Waals surface area (Å²) in [6.45, 7) is 2.09. The van der Waals surface area contributed by atoms with Crippen LogP contribution in [-0.2, 0) is 11.2 Å². The van der Waals surface area contributed by atoms with Gasteiger partial charge >= 0.3 is 0 Å². The van der Waals surface area contributed by atoms with Gasteiger partial charge in [-0.05, 0) is 50.6 Å². The summed E-state index contributed by atoms with van der Waals surface area (Å²) in [5, 5.41) is 3.76. The van der Waals surface area contributed by atoms with E-state index in [-0.39, 0.29) is 5.60 Å². The lowest BCUT2D eigenvalue weighted by Gasteiger charge is -2.38. The van der Waals surface area contributed by atoms with Gasteiger partial charge in [-0.1, -0.05) is 43.2 Å². The molecule has 0 bridgehead atoms. The van der Waals surface area contributed by atoms with Crippen molar-refractivity contribution in [3.05, 3.63) is 35.9 Å². The lowest BCUT2D eigenvalue weighted by atomic mass is 9.89. The number of rotatable bonds is 5. The summed E-state index contributed by atoms with van der Waals surface area (Å²) >= 11 is 0. The molecule has 20 heavy (non-hydrogen) atoms. The first-order valence-electron chi connectivity index (χ1n) is 8.28. The summed E-state index contributed by atoms with van der Waals surface area (Å²) in [6, 6.07) is 11.5. The fourth-order valence-electron chi connectivity index (χ4n) is 3.81. The van der Waals surface area contributed by atoms with E-state index in [4.69, 9.17) is 4.74 Å². The summed E-state index contributed by atoms with van der Waals surface area (Å²) in [6.07, 6.45) is 10.1. The minimum Gasteiger partial charge on any atom is -0.375 e. The van der Waals surface area contributed by atoms with E-state index in [1.807, 2.05) is 0 Å². The Bertz CT molecular complexity index is 397. The molecule has 1 heterocycles. The van der Waals surface area contributed by atoms with E-state index in [2.05, 4.69) is 35.6 Å². The molecule has 1 aliphatic heterocycles. The molecule has 1 saturated heterocycles. The highest BCUT2D eigenvalue weighted by Gasteiger charge is 2.39. The Morgan fingerprint density at radius 2 is 1.95 bits per heavy atom. The van der Waals surface area contributed by atoms with Gasteiger partial charge in [-0.2, -0.15) is 0 Å². The molecule has 110 valence electrons. The van der Waals surface area contributed by atoms with Crippen molar-refractivity contribution < 1.29 is 4.74 Å². The topological polar surface area (TPSA) is 21.3 Å². The Hall–Kier alpha value is -0.860. The molecule has 2 aliphatic rings. The lowest BCUT2D eigenvalue weighted by Crippen LogP contribution is -2.45. The zero-order valence-corrected chi connectivity index (χ0v) is 12.4. The van der Waals surface area contributed by atoms with Gasteiger partial charge in [-0.15, -0.1) is 0 Å². The van der Waals surface area contributed by atoms with Crippen LogP contribution in [0.1, 0.15) is 50.5 Å². The summed E-state index contributed by atoms with van der Waals surface area (Å²) in [4.78, 5) is 0. The van der Waals surface area contributed by atoms with Crippen molar-refractivity contribution in [2.75, 3.05) is 13.2 Å². The van der Waals surface area contributed by atoms with E-state index in [1.165, 1.54) is 56.9 Å². The Balaban J connectivity index is 1.38. The molecule has 1 aromatic carbocycles. The Morgan fingerprint density at radius 1 is 1.15 bits per heavy atom. The molecular weight excluding hydrogens is 246 g/mol. The van der Waals surface area contributed by atoms with E-state index in [0.717, 1.165) is 13.2 Å². The molecule has 2 heteroatoms. The largest absolute Gasteiger partial charge is 0.375 e. The van der Waals surface area contributed by atoms with Gasteiger partial charge in [0.05, 0.1) is 5.60 Å². The van der Waals surface area contributed by atoms with Crippen molar-refractivity contribution in [2.24, 2.45) is 0 Å². The monoisotopic (exact) mass is 273 g/mol. The molecule has 2 fully saturated rings.